The molecule has 0 aliphatic carbocycles. The molecule has 0 aliphatic rings. The third-order valence-corrected chi connectivity index (χ3v) is 2.64. The molecular weight excluding hydrogens is 457 g/mol. The number of alkyl halides is 12. The van der Waals surface area contributed by atoms with Crippen molar-refractivity contribution in [3.63, 3.8) is 0 Å². The van der Waals surface area contributed by atoms with Crippen LogP contribution in [-0.4, -0.2) is 53.2 Å². The molecule has 0 spiro atoms. The van der Waals surface area contributed by atoms with Crippen LogP contribution in [0.2, 0.25) is 0 Å². The van der Waals surface area contributed by atoms with Gasteiger partial charge in [0.25, 0.3) is 0 Å². The summed E-state index contributed by atoms with van der Waals surface area (Å²) < 4.78 is 136. The van der Waals surface area contributed by atoms with E-state index in [-0.39, 0.29) is 7.43 Å². The van der Waals surface area contributed by atoms with E-state index in [0.717, 1.165) is 6.42 Å². The standard InChI is InChI=1S/C4H9N.2C3H2F6O.CH3.V/c1-3-4(2)5;2*4-2(5,6)1(10)3(7,8)9;;/h4H,3H2,1-2H3;2*1,10H;1H3;/q;;;-1;. The Kier molecular flexibility index (Phi) is 16.2. The van der Waals surface area contributed by atoms with E-state index in [2.05, 4.69) is 34.9 Å². The fourth-order valence-corrected chi connectivity index (χ4v) is 0.708. The second-order valence-electron chi connectivity index (χ2n) is 4.34. The molecule has 0 rings (SSSR count). The maximum absolute atomic E-state index is 11.0. The molecule has 1 atom stereocenters. The second-order valence-corrected chi connectivity index (χ2v) is 4.70. The van der Waals surface area contributed by atoms with Crippen molar-refractivity contribution in [3.05, 3.63) is 7.43 Å². The van der Waals surface area contributed by atoms with Gasteiger partial charge >= 0.3 is 72.0 Å². The van der Waals surface area contributed by atoms with Crippen molar-refractivity contribution in [2.75, 3.05) is 0 Å². The Morgan fingerprint density at radius 1 is 0.704 bits per heavy atom. The fraction of sp³-hybridized carbons (Fsp3) is 0.909. The molecule has 0 fully saturated rings. The molecule has 0 aromatic heterocycles. The van der Waals surface area contributed by atoms with E-state index in [1.165, 1.54) is 0 Å². The van der Waals surface area contributed by atoms with Gasteiger partial charge in [-0.15, -0.1) is 0 Å². The number of aliphatic hydroxyl groups excluding tert-OH is 2. The third kappa shape index (κ3) is 18.6. The summed E-state index contributed by atoms with van der Waals surface area (Å²) in [4.78, 5) is 0. The number of nitrogens with zero attached hydrogens (tertiary/aromatic N) is 1. The Bertz CT molecular complexity index is 333. The summed E-state index contributed by atoms with van der Waals surface area (Å²) in [6.07, 6.45) is -29.8. The minimum Gasteiger partial charge on any atom is -0.377 e. The van der Waals surface area contributed by atoms with Crippen molar-refractivity contribution in [1.82, 2.24) is 0 Å². The first-order valence-corrected chi connectivity index (χ1v) is 6.71. The van der Waals surface area contributed by atoms with Crippen molar-refractivity contribution in [3.8, 4) is 0 Å². The van der Waals surface area contributed by atoms with E-state index in [1.54, 1.807) is 0 Å². The average molecular weight is 473 g/mol. The zero-order valence-corrected chi connectivity index (χ0v) is 15.2. The first-order chi connectivity index (χ1) is 11.1. The van der Waals surface area contributed by atoms with Gasteiger partial charge in [-0.25, -0.2) is 0 Å². The van der Waals surface area contributed by atoms with Crippen LogP contribution in [0, 0.1) is 7.43 Å². The minimum absolute atomic E-state index is 0. The maximum Gasteiger partial charge on any atom is 0.423 e. The topological polar surface area (TPSA) is 52.8 Å². The molecule has 0 saturated heterocycles. The van der Waals surface area contributed by atoms with Gasteiger partial charge in [-0.05, 0) is 0 Å². The molecule has 16 heteroatoms. The van der Waals surface area contributed by atoms with E-state index in [4.69, 9.17) is 10.2 Å². The van der Waals surface area contributed by atoms with Crippen LogP contribution in [0.3, 0.4) is 0 Å². The Hall–Kier alpha value is -0.536. The molecule has 0 aromatic carbocycles. The molecule has 0 aliphatic heterocycles. The van der Waals surface area contributed by atoms with Gasteiger partial charge in [-0.2, -0.15) is 52.7 Å². The Morgan fingerprint density at radius 2 is 0.889 bits per heavy atom. The number of hydrogen-bond acceptors (Lipinski definition) is 3. The van der Waals surface area contributed by atoms with Gasteiger partial charge in [-0.1, -0.05) is 0 Å². The van der Waals surface area contributed by atoms with Crippen LogP contribution in [0.25, 0.3) is 0 Å². The summed E-state index contributed by atoms with van der Waals surface area (Å²) in [5.74, 6) is 0. The largest absolute Gasteiger partial charge is 0.423 e. The van der Waals surface area contributed by atoms with Gasteiger partial charge in [0.15, 0.2) is 0 Å². The van der Waals surface area contributed by atoms with Crippen LogP contribution in [0.1, 0.15) is 20.3 Å². The molecule has 0 radical (unpaired) electrons. The molecule has 0 aromatic rings. The quantitative estimate of drug-likeness (QED) is 0.443. The Labute approximate surface area is 155 Å². The monoisotopic (exact) mass is 473 g/mol. The molecule has 0 amide bonds. The van der Waals surface area contributed by atoms with Gasteiger partial charge in [0, 0.05) is 0 Å². The van der Waals surface area contributed by atoms with Crippen molar-refractivity contribution < 1.29 is 80.1 Å². The number of halogens is 12. The fourth-order valence-electron chi connectivity index (χ4n) is 0.453. The first-order valence-electron chi connectivity index (χ1n) is 6.09. The minimum atomic E-state index is -5.63. The van der Waals surface area contributed by atoms with Crippen LogP contribution in [-0.2, 0) is 17.2 Å². The molecule has 2 N–H and O–H groups in total. The van der Waals surface area contributed by atoms with Crippen molar-refractivity contribution in [1.29, 1.82) is 0 Å². The molecule has 0 heterocycles. The molecule has 0 bridgehead atoms. The SMILES string of the molecule is CCC(C)[N]=[V].OC(C(F)(F)F)C(F)(F)F.OC(C(F)(F)F)C(F)(F)F.[CH3-]. The zero-order chi connectivity index (χ0) is 22.1. The van der Waals surface area contributed by atoms with Gasteiger partial charge in [-0.3, -0.25) is 0 Å². The third-order valence-electron chi connectivity index (χ3n) is 2.03. The smallest absolute Gasteiger partial charge is 0.377 e. The molecule has 1 unspecified atom stereocenters. The predicted octanol–water partition coefficient (Wildman–Crippen LogP) is 4.91. The van der Waals surface area contributed by atoms with Crippen molar-refractivity contribution in [2.24, 2.45) is 3.79 Å². The number of aliphatic hydroxyl groups is 2. The summed E-state index contributed by atoms with van der Waals surface area (Å²) in [5.41, 5.74) is 0. The average Bonchev–Trinajstić information content (AvgIpc) is 2.42. The van der Waals surface area contributed by atoms with Crippen molar-refractivity contribution in [2.45, 2.75) is 63.2 Å². The van der Waals surface area contributed by atoms with Gasteiger partial charge in [0.05, 0.1) is 0 Å². The van der Waals surface area contributed by atoms with E-state index in [9.17, 15) is 52.7 Å². The van der Waals surface area contributed by atoms with Crippen molar-refractivity contribution >= 4 is 0 Å². The summed E-state index contributed by atoms with van der Waals surface area (Å²) in [6, 6.07) is 0.532. The summed E-state index contributed by atoms with van der Waals surface area (Å²) in [5, 5.41) is 14.9. The van der Waals surface area contributed by atoms with E-state index >= 15 is 0 Å². The second kappa shape index (κ2) is 12.8. The van der Waals surface area contributed by atoms with E-state index in [0.29, 0.717) is 6.04 Å². The number of hydrogen-bond donors (Lipinski definition) is 2. The molecular formula is C11H16F12NO2V-. The first kappa shape index (κ1) is 34.0. The summed E-state index contributed by atoms with van der Waals surface area (Å²) in [6.45, 7) is 4.22. The maximum atomic E-state index is 11.0. The summed E-state index contributed by atoms with van der Waals surface area (Å²) >= 11 is 2.24. The van der Waals surface area contributed by atoms with Gasteiger partial charge in [0.1, 0.15) is 0 Å². The van der Waals surface area contributed by atoms with Crippen LogP contribution >= 0.6 is 0 Å². The molecule has 167 valence electrons. The van der Waals surface area contributed by atoms with Crippen LogP contribution in [0.15, 0.2) is 3.79 Å². The van der Waals surface area contributed by atoms with Crippen LogP contribution in [0.5, 0.6) is 0 Å². The van der Waals surface area contributed by atoms with E-state index < -0.39 is 36.9 Å². The molecule has 3 nitrogen and oxygen atoms in total. The van der Waals surface area contributed by atoms with Gasteiger partial charge < -0.3 is 17.6 Å². The normalized spacial score (nSPS) is 13.7. The Morgan fingerprint density at radius 3 is 0.889 bits per heavy atom. The zero-order valence-electron chi connectivity index (χ0n) is 13.8. The number of rotatable bonds is 2. The predicted molar refractivity (Wildman–Crippen MR) is 64.8 cm³/mol. The van der Waals surface area contributed by atoms with Gasteiger partial charge in [0.2, 0.25) is 12.2 Å². The van der Waals surface area contributed by atoms with E-state index in [1.807, 2.05) is 0 Å². The molecule has 27 heavy (non-hydrogen) atoms. The Balaban J connectivity index is -0.000000149. The molecule has 0 saturated carbocycles. The van der Waals surface area contributed by atoms with Crippen LogP contribution in [0.4, 0.5) is 52.7 Å². The summed E-state index contributed by atoms with van der Waals surface area (Å²) in [7, 11) is 0. The van der Waals surface area contributed by atoms with Crippen LogP contribution < -0.4 is 0 Å².